The maximum Gasteiger partial charge on any atom is 0.303 e. The molecule has 204 valence electrons. The number of aliphatic carboxylic acids is 1. The zero-order valence-corrected chi connectivity index (χ0v) is 21.3. The second-order valence-corrected chi connectivity index (χ2v) is 9.24. The first kappa shape index (κ1) is 26.9. The highest BCUT2D eigenvalue weighted by molar-refractivity contribution is 5.83. The second-order valence-electron chi connectivity index (χ2n) is 9.24. The summed E-state index contributed by atoms with van der Waals surface area (Å²) < 4.78 is 39.7. The van der Waals surface area contributed by atoms with Crippen LogP contribution in [0, 0.1) is 11.6 Å². The summed E-state index contributed by atoms with van der Waals surface area (Å²) in [6.45, 7) is 0.175. The van der Waals surface area contributed by atoms with Gasteiger partial charge in [0.25, 0.3) is 5.56 Å². The van der Waals surface area contributed by atoms with Crippen LogP contribution in [-0.2, 0) is 29.2 Å². The lowest BCUT2D eigenvalue weighted by atomic mass is 10.1. The van der Waals surface area contributed by atoms with E-state index in [-0.39, 0.29) is 31.0 Å². The standard InChI is InChI=1S/C30H25F2N3O5/c31-21-10-12-22(13-11-21)35-28(7-3-4-8-29(36)37)33-27-15-19(9-14-24(27)30(35)38)26-16-23(40-34-26)18-39-17-20-5-1-2-6-25(20)32/h1-2,5-6,9-16H,3-4,7-8,17-18H2,(H,36,37). The van der Waals surface area contributed by atoms with Crippen molar-refractivity contribution >= 4 is 16.9 Å². The van der Waals surface area contributed by atoms with E-state index in [1.165, 1.54) is 34.9 Å². The molecule has 0 aliphatic carbocycles. The summed E-state index contributed by atoms with van der Waals surface area (Å²) >= 11 is 0. The Morgan fingerprint density at radius 1 is 0.975 bits per heavy atom. The summed E-state index contributed by atoms with van der Waals surface area (Å²) in [4.78, 5) is 29.2. The number of ether oxygens (including phenoxy) is 1. The predicted molar refractivity (Wildman–Crippen MR) is 143 cm³/mol. The van der Waals surface area contributed by atoms with Crippen molar-refractivity contribution in [3.05, 3.63) is 112 Å². The van der Waals surface area contributed by atoms with Gasteiger partial charge in [-0.25, -0.2) is 13.8 Å². The Labute approximate surface area is 227 Å². The third kappa shape index (κ3) is 6.13. The van der Waals surface area contributed by atoms with E-state index >= 15 is 0 Å². The number of nitrogens with zero attached hydrogens (tertiary/aromatic N) is 3. The molecule has 0 radical (unpaired) electrons. The fourth-order valence-corrected chi connectivity index (χ4v) is 4.37. The lowest BCUT2D eigenvalue weighted by Crippen LogP contribution is -2.24. The van der Waals surface area contributed by atoms with E-state index in [1.54, 1.807) is 42.5 Å². The molecule has 2 aromatic heterocycles. The Balaban J connectivity index is 1.41. The molecule has 0 aliphatic rings. The van der Waals surface area contributed by atoms with Crippen molar-refractivity contribution in [3.8, 4) is 16.9 Å². The molecular weight excluding hydrogens is 520 g/mol. The molecule has 8 nitrogen and oxygen atoms in total. The molecular formula is C30H25F2N3O5. The van der Waals surface area contributed by atoms with Crippen LogP contribution in [0.25, 0.3) is 27.8 Å². The van der Waals surface area contributed by atoms with Crippen LogP contribution in [0.15, 0.2) is 82.1 Å². The molecule has 1 N–H and O–H groups in total. The van der Waals surface area contributed by atoms with E-state index in [9.17, 15) is 18.4 Å². The van der Waals surface area contributed by atoms with Crippen LogP contribution in [0.2, 0.25) is 0 Å². The van der Waals surface area contributed by atoms with Gasteiger partial charge in [-0.3, -0.25) is 14.2 Å². The molecule has 0 unspecified atom stereocenters. The summed E-state index contributed by atoms with van der Waals surface area (Å²) in [7, 11) is 0. The Morgan fingerprint density at radius 3 is 2.55 bits per heavy atom. The lowest BCUT2D eigenvalue weighted by molar-refractivity contribution is -0.137. The quantitative estimate of drug-likeness (QED) is 0.208. The molecule has 40 heavy (non-hydrogen) atoms. The van der Waals surface area contributed by atoms with E-state index in [0.717, 1.165) is 0 Å². The van der Waals surface area contributed by atoms with E-state index in [0.29, 0.717) is 64.3 Å². The largest absolute Gasteiger partial charge is 0.481 e. The van der Waals surface area contributed by atoms with Crippen molar-refractivity contribution in [1.29, 1.82) is 0 Å². The van der Waals surface area contributed by atoms with Gasteiger partial charge in [0.05, 0.1) is 23.2 Å². The molecule has 5 aromatic rings. The molecule has 0 saturated carbocycles. The van der Waals surface area contributed by atoms with Crippen molar-refractivity contribution in [2.75, 3.05) is 0 Å². The number of carboxylic acids is 1. The van der Waals surface area contributed by atoms with Crippen LogP contribution in [0.3, 0.4) is 0 Å². The average Bonchev–Trinajstić information content (AvgIpc) is 3.42. The summed E-state index contributed by atoms with van der Waals surface area (Å²) in [5.74, 6) is -0.775. The number of hydrogen-bond donors (Lipinski definition) is 1. The SMILES string of the molecule is O=C(O)CCCCc1nc2cc(-c3cc(COCc4ccccc4F)on3)ccc2c(=O)n1-c1ccc(F)cc1. The van der Waals surface area contributed by atoms with Crippen molar-refractivity contribution in [1.82, 2.24) is 14.7 Å². The van der Waals surface area contributed by atoms with Gasteiger partial charge < -0.3 is 14.4 Å². The fourth-order valence-electron chi connectivity index (χ4n) is 4.37. The summed E-state index contributed by atoms with van der Waals surface area (Å²) in [5, 5.41) is 13.4. The first-order valence-corrected chi connectivity index (χ1v) is 12.7. The van der Waals surface area contributed by atoms with E-state index in [1.807, 2.05) is 0 Å². The summed E-state index contributed by atoms with van der Waals surface area (Å²) in [6, 6.07) is 18.7. The Morgan fingerprint density at radius 2 is 1.77 bits per heavy atom. The Bertz CT molecular complexity index is 1710. The van der Waals surface area contributed by atoms with Crippen LogP contribution < -0.4 is 5.56 Å². The molecule has 0 aliphatic heterocycles. The number of fused-ring (bicyclic) bond motifs is 1. The maximum atomic E-state index is 13.8. The van der Waals surface area contributed by atoms with Crippen molar-refractivity contribution < 1.29 is 27.9 Å². The molecule has 0 spiro atoms. The number of carboxylic acid groups (broad SMARTS) is 1. The monoisotopic (exact) mass is 545 g/mol. The summed E-state index contributed by atoms with van der Waals surface area (Å²) in [6.07, 6.45) is 1.29. The zero-order valence-electron chi connectivity index (χ0n) is 21.3. The van der Waals surface area contributed by atoms with Crippen LogP contribution >= 0.6 is 0 Å². The molecule has 0 saturated heterocycles. The number of halogens is 2. The minimum Gasteiger partial charge on any atom is -0.481 e. The Kier molecular flexibility index (Phi) is 8.07. The number of aromatic nitrogens is 3. The maximum absolute atomic E-state index is 13.8. The van der Waals surface area contributed by atoms with Gasteiger partial charge in [-0.05, 0) is 55.3 Å². The topological polar surface area (TPSA) is 107 Å². The number of aryl methyl sites for hydroxylation is 1. The van der Waals surface area contributed by atoms with Gasteiger partial charge in [-0.15, -0.1) is 0 Å². The minimum atomic E-state index is -0.892. The molecule has 0 atom stereocenters. The van der Waals surface area contributed by atoms with Gasteiger partial charge in [-0.1, -0.05) is 29.4 Å². The van der Waals surface area contributed by atoms with Crippen molar-refractivity contribution in [3.63, 3.8) is 0 Å². The molecule has 2 heterocycles. The number of unbranched alkanes of at least 4 members (excludes halogenated alkanes) is 1. The molecule has 0 amide bonds. The average molecular weight is 546 g/mol. The van der Waals surface area contributed by atoms with Gasteiger partial charge >= 0.3 is 5.97 Å². The molecule has 10 heteroatoms. The predicted octanol–water partition coefficient (Wildman–Crippen LogP) is 5.83. The van der Waals surface area contributed by atoms with E-state index in [4.69, 9.17) is 19.4 Å². The molecule has 0 fully saturated rings. The lowest BCUT2D eigenvalue weighted by Gasteiger charge is -2.14. The van der Waals surface area contributed by atoms with Crippen molar-refractivity contribution in [2.24, 2.45) is 0 Å². The van der Waals surface area contributed by atoms with Crippen molar-refractivity contribution in [2.45, 2.75) is 38.9 Å². The number of hydrogen-bond acceptors (Lipinski definition) is 6. The minimum absolute atomic E-state index is 0.0109. The fraction of sp³-hybridized carbons (Fsp3) is 0.200. The van der Waals surface area contributed by atoms with Crippen LogP contribution in [0.4, 0.5) is 8.78 Å². The van der Waals surface area contributed by atoms with Gasteiger partial charge in [0.2, 0.25) is 0 Å². The number of carbonyl (C=O) groups is 1. The van der Waals surface area contributed by atoms with Gasteiger partial charge in [-0.2, -0.15) is 0 Å². The van der Waals surface area contributed by atoms with Gasteiger partial charge in [0, 0.05) is 30.0 Å². The van der Waals surface area contributed by atoms with Crippen LogP contribution in [0.1, 0.15) is 36.4 Å². The highest BCUT2D eigenvalue weighted by Crippen LogP contribution is 2.24. The second kappa shape index (κ2) is 12.0. The smallest absolute Gasteiger partial charge is 0.303 e. The highest BCUT2D eigenvalue weighted by Gasteiger charge is 2.15. The normalized spacial score (nSPS) is 11.2. The zero-order chi connectivity index (χ0) is 28.1. The molecule has 3 aromatic carbocycles. The van der Waals surface area contributed by atoms with Gasteiger partial charge in [0.15, 0.2) is 5.76 Å². The van der Waals surface area contributed by atoms with Gasteiger partial charge in [0.1, 0.15) is 29.8 Å². The van der Waals surface area contributed by atoms with Crippen LogP contribution in [0.5, 0.6) is 0 Å². The number of rotatable bonds is 11. The molecule has 0 bridgehead atoms. The first-order chi connectivity index (χ1) is 19.4. The van der Waals surface area contributed by atoms with E-state index < -0.39 is 11.8 Å². The summed E-state index contributed by atoms with van der Waals surface area (Å²) in [5.41, 5.74) is 2.20. The third-order valence-electron chi connectivity index (χ3n) is 6.38. The highest BCUT2D eigenvalue weighted by atomic mass is 19.1. The third-order valence-corrected chi connectivity index (χ3v) is 6.38. The van der Waals surface area contributed by atoms with E-state index in [2.05, 4.69) is 5.16 Å². The number of benzene rings is 3. The Hall–Kier alpha value is -4.70. The molecule has 5 rings (SSSR count). The first-order valence-electron chi connectivity index (χ1n) is 12.7. The van der Waals surface area contributed by atoms with Crippen LogP contribution in [-0.4, -0.2) is 25.8 Å².